The van der Waals surface area contributed by atoms with Gasteiger partial charge in [0.1, 0.15) is 17.2 Å². The average molecular weight is 470 g/mol. The summed E-state index contributed by atoms with van der Waals surface area (Å²) in [4.78, 5) is 37.9. The molecule has 1 aliphatic rings. The Bertz CT molecular complexity index is 1040. The Morgan fingerprint density at radius 2 is 1.62 bits per heavy atom. The van der Waals surface area contributed by atoms with Gasteiger partial charge >= 0.3 is 11.9 Å². The van der Waals surface area contributed by atoms with E-state index in [1.807, 2.05) is 12.1 Å². The summed E-state index contributed by atoms with van der Waals surface area (Å²) in [6, 6.07) is 11.6. The Hall–Kier alpha value is -3.55. The van der Waals surface area contributed by atoms with Gasteiger partial charge in [-0.1, -0.05) is 13.8 Å². The van der Waals surface area contributed by atoms with Crippen LogP contribution in [0.15, 0.2) is 42.5 Å². The minimum Gasteiger partial charge on any atom is -0.478 e. The summed E-state index contributed by atoms with van der Waals surface area (Å²) in [5.74, 6) is -0.171. The quantitative estimate of drug-likeness (QED) is 0.459. The first-order valence-electron chi connectivity index (χ1n) is 11.4. The Morgan fingerprint density at radius 1 is 1.00 bits per heavy atom. The molecule has 1 saturated carbocycles. The first kappa shape index (κ1) is 25.1. The van der Waals surface area contributed by atoms with Crippen LogP contribution in [0, 0.1) is 5.92 Å². The summed E-state index contributed by atoms with van der Waals surface area (Å²) in [6.45, 7) is 5.72. The van der Waals surface area contributed by atoms with Crippen molar-refractivity contribution in [2.75, 3.05) is 18.6 Å². The predicted molar refractivity (Wildman–Crippen MR) is 127 cm³/mol. The molecule has 0 heterocycles. The van der Waals surface area contributed by atoms with E-state index in [0.29, 0.717) is 24.0 Å². The number of carbonyl (C=O) groups excluding carboxylic acids is 2. The molecule has 182 valence electrons. The van der Waals surface area contributed by atoms with Gasteiger partial charge in [0, 0.05) is 25.2 Å². The second-order valence-electron chi connectivity index (χ2n) is 8.46. The van der Waals surface area contributed by atoms with E-state index in [2.05, 4.69) is 0 Å². The van der Waals surface area contributed by atoms with Crippen LogP contribution in [0.1, 0.15) is 56.8 Å². The van der Waals surface area contributed by atoms with Crippen molar-refractivity contribution in [3.63, 3.8) is 0 Å². The zero-order valence-electron chi connectivity index (χ0n) is 20.0. The maximum absolute atomic E-state index is 12.2. The van der Waals surface area contributed by atoms with Crippen molar-refractivity contribution >= 4 is 23.5 Å². The van der Waals surface area contributed by atoms with E-state index in [4.69, 9.17) is 14.2 Å². The number of ether oxygens (including phenoxy) is 3. The molecule has 0 atom stereocenters. The lowest BCUT2D eigenvalue weighted by Crippen LogP contribution is -2.43. The highest BCUT2D eigenvalue weighted by Crippen LogP contribution is 2.34. The van der Waals surface area contributed by atoms with Crippen LogP contribution in [0.5, 0.6) is 17.2 Å². The predicted octanol–water partition coefficient (Wildman–Crippen LogP) is 5.05. The molecule has 2 aromatic rings. The van der Waals surface area contributed by atoms with Crippen LogP contribution in [-0.4, -0.2) is 42.2 Å². The van der Waals surface area contributed by atoms with Crippen LogP contribution < -0.4 is 14.4 Å². The Kier molecular flexibility index (Phi) is 7.81. The Balaban J connectivity index is 1.86. The van der Waals surface area contributed by atoms with Crippen molar-refractivity contribution in [1.82, 2.24) is 0 Å². The number of nitrogens with zero attached hydrogens (tertiary/aromatic N) is 1. The number of hydrogen-bond acceptors (Lipinski definition) is 6. The molecule has 0 radical (unpaired) electrons. The van der Waals surface area contributed by atoms with Crippen LogP contribution in [0.4, 0.5) is 5.69 Å². The third-order valence-electron chi connectivity index (χ3n) is 6.05. The monoisotopic (exact) mass is 469 g/mol. The van der Waals surface area contributed by atoms with Crippen molar-refractivity contribution in [3.8, 4) is 17.2 Å². The minimum atomic E-state index is -1.43. The number of anilines is 1. The van der Waals surface area contributed by atoms with E-state index >= 15 is 0 Å². The van der Waals surface area contributed by atoms with Crippen molar-refractivity contribution in [2.24, 2.45) is 5.92 Å². The molecule has 1 N–H and O–H groups in total. The molecule has 0 bridgehead atoms. The summed E-state index contributed by atoms with van der Waals surface area (Å²) in [5.41, 5.74) is -0.465. The van der Waals surface area contributed by atoms with Gasteiger partial charge in [-0.2, -0.15) is 0 Å². The van der Waals surface area contributed by atoms with Crippen LogP contribution in [0.3, 0.4) is 0 Å². The summed E-state index contributed by atoms with van der Waals surface area (Å²) >= 11 is 0. The first-order valence-corrected chi connectivity index (χ1v) is 11.4. The smallest absolute Gasteiger partial charge is 0.348 e. The maximum Gasteiger partial charge on any atom is 0.348 e. The summed E-state index contributed by atoms with van der Waals surface area (Å²) in [7, 11) is 1.26. The van der Waals surface area contributed by atoms with Crippen LogP contribution in [-0.2, 0) is 14.3 Å². The van der Waals surface area contributed by atoms with E-state index in [9.17, 15) is 19.5 Å². The van der Waals surface area contributed by atoms with Gasteiger partial charge in [0.15, 0.2) is 0 Å². The molecule has 8 nitrogen and oxygen atoms in total. The second kappa shape index (κ2) is 10.6. The molecule has 0 aliphatic heterocycles. The van der Waals surface area contributed by atoms with Gasteiger partial charge in [0.25, 0.3) is 0 Å². The van der Waals surface area contributed by atoms with Gasteiger partial charge < -0.3 is 24.2 Å². The number of carboxylic acid groups (broad SMARTS) is 1. The summed E-state index contributed by atoms with van der Waals surface area (Å²) < 4.78 is 16.6. The average Bonchev–Trinajstić information content (AvgIpc) is 3.65. The van der Waals surface area contributed by atoms with Gasteiger partial charge in [0.05, 0.1) is 12.7 Å². The van der Waals surface area contributed by atoms with Crippen LogP contribution in [0.25, 0.3) is 0 Å². The third-order valence-corrected chi connectivity index (χ3v) is 6.05. The number of carboxylic acids is 1. The fourth-order valence-electron chi connectivity index (χ4n) is 3.70. The Labute approximate surface area is 199 Å². The molecule has 0 saturated heterocycles. The molecule has 0 unspecified atom stereocenters. The first-order chi connectivity index (χ1) is 16.2. The van der Waals surface area contributed by atoms with E-state index < -0.39 is 17.5 Å². The van der Waals surface area contributed by atoms with E-state index in [1.54, 1.807) is 43.9 Å². The van der Waals surface area contributed by atoms with Gasteiger partial charge in [-0.3, -0.25) is 4.79 Å². The number of benzene rings is 2. The molecule has 1 amide bonds. The Morgan fingerprint density at radius 3 is 2.12 bits per heavy atom. The zero-order valence-corrected chi connectivity index (χ0v) is 20.0. The van der Waals surface area contributed by atoms with Crippen molar-refractivity contribution in [1.29, 1.82) is 0 Å². The molecule has 0 spiro atoms. The zero-order chi connectivity index (χ0) is 24.9. The fraction of sp³-hybridized carbons (Fsp3) is 0.423. The lowest BCUT2D eigenvalue weighted by Gasteiger charge is -2.28. The number of carbonyl (C=O) groups is 3. The van der Waals surface area contributed by atoms with Gasteiger partial charge in [-0.15, -0.1) is 0 Å². The lowest BCUT2D eigenvalue weighted by molar-refractivity contribution is -0.156. The molecular weight excluding hydrogens is 438 g/mol. The number of aliphatic carboxylic acids is 1. The van der Waals surface area contributed by atoms with Crippen molar-refractivity contribution < 1.29 is 33.7 Å². The van der Waals surface area contributed by atoms with E-state index in [0.717, 1.165) is 18.5 Å². The molecular formula is C26H31NO7. The van der Waals surface area contributed by atoms with Gasteiger partial charge in [-0.25, -0.2) is 9.59 Å². The van der Waals surface area contributed by atoms with Crippen molar-refractivity contribution in [2.45, 2.75) is 52.1 Å². The molecule has 3 rings (SSSR count). The third kappa shape index (κ3) is 5.87. The molecule has 2 aromatic carbocycles. The highest BCUT2D eigenvalue weighted by Gasteiger charge is 2.37. The number of amides is 1. The minimum absolute atomic E-state index is 0.0121. The van der Waals surface area contributed by atoms with Crippen LogP contribution in [0.2, 0.25) is 0 Å². The SMILES string of the molecule is CCC(CC)(Oc1cc(Oc2ccc(N(CC3CC3)C(C)=O)cc2)cc(C(=O)OC)c1)C(=O)O. The second-order valence-corrected chi connectivity index (χ2v) is 8.46. The molecule has 1 fully saturated rings. The van der Waals surface area contributed by atoms with E-state index in [-0.39, 0.29) is 30.1 Å². The topological polar surface area (TPSA) is 102 Å². The number of methoxy groups -OCH3 is 1. The normalized spacial score (nSPS) is 13.2. The number of hydrogen-bond donors (Lipinski definition) is 1. The largest absolute Gasteiger partial charge is 0.478 e. The molecule has 1 aliphatic carbocycles. The molecule has 34 heavy (non-hydrogen) atoms. The number of rotatable bonds is 11. The lowest BCUT2D eigenvalue weighted by atomic mass is 9.97. The highest BCUT2D eigenvalue weighted by molar-refractivity contribution is 5.92. The summed E-state index contributed by atoms with van der Waals surface area (Å²) in [6.07, 6.45) is 2.77. The molecule has 0 aromatic heterocycles. The molecule has 8 heteroatoms. The maximum atomic E-state index is 12.2. The standard InChI is InChI=1S/C26H31NO7/c1-5-26(6-2,25(30)31)34-23-14-19(24(29)32-4)13-22(15-23)33-21-11-9-20(10-12-21)27(17(3)28)16-18-7-8-18/h9-15,18H,5-8,16H2,1-4H3,(H,30,31). The number of esters is 1. The summed E-state index contributed by atoms with van der Waals surface area (Å²) in [5, 5.41) is 9.71. The highest BCUT2D eigenvalue weighted by atomic mass is 16.5. The van der Waals surface area contributed by atoms with Crippen LogP contribution >= 0.6 is 0 Å². The fourth-order valence-corrected chi connectivity index (χ4v) is 3.70. The van der Waals surface area contributed by atoms with Gasteiger partial charge in [0.2, 0.25) is 11.5 Å². The van der Waals surface area contributed by atoms with Crippen molar-refractivity contribution in [3.05, 3.63) is 48.0 Å². The van der Waals surface area contributed by atoms with E-state index in [1.165, 1.54) is 19.2 Å². The van der Waals surface area contributed by atoms with Gasteiger partial charge in [-0.05, 0) is 68.0 Å².